The Labute approximate surface area is 231 Å². The molecule has 0 amide bonds. The molecule has 0 bridgehead atoms. The minimum atomic E-state index is 0.575. The van der Waals surface area contributed by atoms with Crippen LogP contribution < -0.4 is 0 Å². The van der Waals surface area contributed by atoms with E-state index in [1.165, 1.54) is 147 Å². The largest absolute Gasteiger partial charge is 0.334 e. The molecular formula is C35H60N2. The summed E-state index contributed by atoms with van der Waals surface area (Å²) in [7, 11) is 0. The van der Waals surface area contributed by atoms with Gasteiger partial charge in [-0.1, -0.05) is 166 Å². The van der Waals surface area contributed by atoms with Crippen molar-refractivity contribution in [1.82, 2.24) is 9.55 Å². The van der Waals surface area contributed by atoms with Crippen LogP contribution in [0.4, 0.5) is 0 Å². The molecule has 0 saturated heterocycles. The van der Waals surface area contributed by atoms with Crippen LogP contribution in [0.1, 0.15) is 160 Å². The summed E-state index contributed by atoms with van der Waals surface area (Å²) in [6.45, 7) is 4.62. The minimum absolute atomic E-state index is 0.575. The molecule has 37 heavy (non-hydrogen) atoms. The molecule has 0 N–H and O–H groups in total. The Bertz CT molecular complexity index is 708. The van der Waals surface area contributed by atoms with E-state index in [2.05, 4.69) is 66.3 Å². The van der Waals surface area contributed by atoms with E-state index in [1.807, 2.05) is 6.20 Å². The maximum atomic E-state index is 4.40. The molecule has 210 valence electrons. The Hall–Kier alpha value is -1.57. The van der Waals surface area contributed by atoms with E-state index < -0.39 is 0 Å². The van der Waals surface area contributed by atoms with Crippen LogP contribution in [0, 0.1) is 5.92 Å². The van der Waals surface area contributed by atoms with Crippen LogP contribution >= 0.6 is 0 Å². The maximum Gasteiger partial charge on any atom is 0.0948 e. The molecule has 0 aliphatic carbocycles. The second kappa shape index (κ2) is 22.4. The molecule has 0 fully saturated rings. The molecule has 0 spiro atoms. The van der Waals surface area contributed by atoms with E-state index in [9.17, 15) is 0 Å². The fourth-order valence-corrected chi connectivity index (χ4v) is 5.99. The summed E-state index contributed by atoms with van der Waals surface area (Å²) in [5.74, 6) is 0.692. The molecule has 1 aromatic carbocycles. The quantitative estimate of drug-likeness (QED) is 0.122. The van der Waals surface area contributed by atoms with Crippen LogP contribution in [0.2, 0.25) is 0 Å². The highest BCUT2D eigenvalue weighted by Crippen LogP contribution is 2.32. The second-order valence-corrected chi connectivity index (χ2v) is 11.6. The predicted molar refractivity (Wildman–Crippen MR) is 163 cm³/mol. The lowest BCUT2D eigenvalue weighted by Crippen LogP contribution is -2.21. The zero-order chi connectivity index (χ0) is 26.2. The van der Waals surface area contributed by atoms with Gasteiger partial charge in [0.05, 0.1) is 6.33 Å². The normalized spacial score (nSPS) is 13.1. The van der Waals surface area contributed by atoms with Crippen LogP contribution in [0.25, 0.3) is 0 Å². The lowest BCUT2D eigenvalue weighted by atomic mass is 9.85. The maximum absolute atomic E-state index is 4.40. The summed E-state index contributed by atoms with van der Waals surface area (Å²) in [6, 6.07) is 11.7. The van der Waals surface area contributed by atoms with E-state index in [0.29, 0.717) is 12.0 Å². The third-order valence-corrected chi connectivity index (χ3v) is 8.32. The first kappa shape index (κ1) is 31.6. The molecule has 1 heterocycles. The molecule has 0 aliphatic heterocycles. The third kappa shape index (κ3) is 15.4. The lowest BCUT2D eigenvalue weighted by Gasteiger charge is -2.29. The van der Waals surface area contributed by atoms with E-state index in [4.69, 9.17) is 0 Å². The van der Waals surface area contributed by atoms with Crippen molar-refractivity contribution in [2.24, 2.45) is 5.92 Å². The molecule has 0 saturated carbocycles. The summed E-state index contributed by atoms with van der Waals surface area (Å²) < 4.78 is 2.41. The number of aromatic nitrogens is 2. The molecule has 2 rings (SSSR count). The first-order chi connectivity index (χ1) is 18.3. The molecule has 0 radical (unpaired) electrons. The number of hydrogen-bond acceptors (Lipinski definition) is 1. The topological polar surface area (TPSA) is 17.8 Å². The average molecular weight is 509 g/mol. The van der Waals surface area contributed by atoms with Gasteiger partial charge in [0.2, 0.25) is 0 Å². The summed E-state index contributed by atoms with van der Waals surface area (Å²) >= 11 is 0. The van der Waals surface area contributed by atoms with Gasteiger partial charge in [-0.3, -0.25) is 0 Å². The molecular weight excluding hydrogens is 448 g/mol. The first-order valence-corrected chi connectivity index (χ1v) is 16.4. The van der Waals surface area contributed by atoms with Gasteiger partial charge in [-0.05, 0) is 30.7 Å². The van der Waals surface area contributed by atoms with Gasteiger partial charge in [0, 0.05) is 18.4 Å². The Morgan fingerprint density at radius 2 is 1.11 bits per heavy atom. The third-order valence-electron chi connectivity index (χ3n) is 8.32. The molecule has 2 unspecified atom stereocenters. The first-order valence-electron chi connectivity index (χ1n) is 16.4. The lowest BCUT2D eigenvalue weighted by molar-refractivity contribution is 0.277. The SMILES string of the molecule is CCCCCCCCCCCCCCCCCCCC(C(CCCC)Cc1ccccc1)n1ccnc1. The van der Waals surface area contributed by atoms with Crippen molar-refractivity contribution in [1.29, 1.82) is 0 Å². The number of imidazole rings is 1. The van der Waals surface area contributed by atoms with Gasteiger partial charge in [-0.2, -0.15) is 0 Å². The molecule has 2 aromatic rings. The predicted octanol–water partition coefficient (Wildman–Crippen LogP) is 11.5. The smallest absolute Gasteiger partial charge is 0.0948 e. The van der Waals surface area contributed by atoms with Crippen molar-refractivity contribution in [2.45, 2.75) is 161 Å². The van der Waals surface area contributed by atoms with Gasteiger partial charge < -0.3 is 4.57 Å². The number of unbranched alkanes of at least 4 members (excludes halogenated alkanes) is 17. The monoisotopic (exact) mass is 508 g/mol. The standard InChI is InChI=1S/C35H60N2/c1-3-5-7-8-9-10-11-12-13-14-15-16-17-18-19-20-24-28-35(37-30-29-36-32-37)34(27-6-4-2)31-33-25-22-21-23-26-33/h21-23,25-26,29-30,32,34-35H,3-20,24,27-28,31H2,1-2H3. The van der Waals surface area contributed by atoms with E-state index in [0.717, 1.165) is 0 Å². The fraction of sp³-hybridized carbons (Fsp3) is 0.743. The zero-order valence-corrected chi connectivity index (χ0v) is 24.7. The summed E-state index contributed by atoms with van der Waals surface area (Å²) in [5.41, 5.74) is 1.48. The fourth-order valence-electron chi connectivity index (χ4n) is 5.99. The van der Waals surface area contributed by atoms with Crippen molar-refractivity contribution in [3.8, 4) is 0 Å². The van der Waals surface area contributed by atoms with Gasteiger partial charge in [-0.25, -0.2) is 4.98 Å². The van der Waals surface area contributed by atoms with Crippen molar-refractivity contribution in [3.63, 3.8) is 0 Å². The highest BCUT2D eigenvalue weighted by atomic mass is 15.1. The van der Waals surface area contributed by atoms with Gasteiger partial charge in [0.1, 0.15) is 0 Å². The second-order valence-electron chi connectivity index (χ2n) is 11.6. The Morgan fingerprint density at radius 1 is 0.595 bits per heavy atom. The summed E-state index contributed by atoms with van der Waals surface area (Å²) in [6.07, 6.45) is 37.0. The molecule has 2 atom stereocenters. The number of rotatable bonds is 25. The van der Waals surface area contributed by atoms with Crippen molar-refractivity contribution >= 4 is 0 Å². The Kier molecular flexibility index (Phi) is 19.2. The molecule has 0 aliphatic rings. The summed E-state index contributed by atoms with van der Waals surface area (Å²) in [4.78, 5) is 4.40. The van der Waals surface area contributed by atoms with Gasteiger partial charge in [-0.15, -0.1) is 0 Å². The zero-order valence-electron chi connectivity index (χ0n) is 24.7. The molecule has 1 aromatic heterocycles. The van der Waals surface area contributed by atoms with E-state index in [1.54, 1.807) is 0 Å². The van der Waals surface area contributed by atoms with Crippen molar-refractivity contribution in [3.05, 3.63) is 54.6 Å². The Morgan fingerprint density at radius 3 is 1.59 bits per heavy atom. The number of benzene rings is 1. The van der Waals surface area contributed by atoms with Gasteiger partial charge >= 0.3 is 0 Å². The number of hydrogen-bond donors (Lipinski definition) is 0. The number of nitrogens with zero attached hydrogens (tertiary/aromatic N) is 2. The average Bonchev–Trinajstić information content (AvgIpc) is 3.46. The van der Waals surface area contributed by atoms with Gasteiger partial charge in [0.15, 0.2) is 0 Å². The van der Waals surface area contributed by atoms with Crippen LogP contribution in [-0.2, 0) is 6.42 Å². The highest BCUT2D eigenvalue weighted by Gasteiger charge is 2.22. The molecule has 2 nitrogen and oxygen atoms in total. The minimum Gasteiger partial charge on any atom is -0.334 e. The van der Waals surface area contributed by atoms with Crippen LogP contribution in [0.15, 0.2) is 49.1 Å². The van der Waals surface area contributed by atoms with Crippen LogP contribution in [-0.4, -0.2) is 9.55 Å². The Balaban J connectivity index is 1.56. The molecule has 2 heteroatoms. The van der Waals surface area contributed by atoms with Crippen molar-refractivity contribution < 1.29 is 0 Å². The van der Waals surface area contributed by atoms with Gasteiger partial charge in [0.25, 0.3) is 0 Å². The van der Waals surface area contributed by atoms with Crippen LogP contribution in [0.3, 0.4) is 0 Å². The van der Waals surface area contributed by atoms with E-state index in [-0.39, 0.29) is 0 Å². The van der Waals surface area contributed by atoms with Crippen LogP contribution in [0.5, 0.6) is 0 Å². The van der Waals surface area contributed by atoms with Crippen molar-refractivity contribution in [2.75, 3.05) is 0 Å². The van der Waals surface area contributed by atoms with E-state index >= 15 is 0 Å². The summed E-state index contributed by atoms with van der Waals surface area (Å²) in [5, 5.41) is 0. The highest BCUT2D eigenvalue weighted by molar-refractivity contribution is 5.15.